The molecule has 1 aromatic carbocycles. The topological polar surface area (TPSA) is 41.1 Å². The van der Waals surface area contributed by atoms with Crippen LogP contribution in [0.15, 0.2) is 24.3 Å². The maximum Gasteiger partial charge on any atom is 0.319 e. The van der Waals surface area contributed by atoms with Gasteiger partial charge in [0, 0.05) is 12.2 Å². The number of hydrogen-bond acceptors (Lipinski definition) is 1. The highest BCUT2D eigenvalue weighted by molar-refractivity contribution is 5.89. The number of carbonyl (C=O) groups excluding carboxylic acids is 1. The highest BCUT2D eigenvalue weighted by Gasteiger charge is 2.13. The van der Waals surface area contributed by atoms with Gasteiger partial charge in [-0.15, -0.1) is 0 Å². The standard InChI is InChI=1S/C15H21FN2O/c16-13-7-4-8-14(11-13)18-15(19)17-10-9-12-5-2-1-3-6-12/h4,7-8,11-12H,1-3,5-6,9-10H2,(H2,17,18,19). The predicted octanol–water partition coefficient (Wildman–Crippen LogP) is 3.92. The number of rotatable bonds is 4. The normalized spacial score (nSPS) is 16.1. The number of carbonyl (C=O) groups is 1. The number of amides is 2. The van der Waals surface area contributed by atoms with Crippen LogP contribution in [0.5, 0.6) is 0 Å². The smallest absolute Gasteiger partial charge is 0.319 e. The zero-order valence-corrected chi connectivity index (χ0v) is 11.1. The first-order valence-electron chi connectivity index (χ1n) is 7.04. The Labute approximate surface area is 113 Å². The molecule has 2 N–H and O–H groups in total. The summed E-state index contributed by atoms with van der Waals surface area (Å²) in [5.41, 5.74) is 0.482. The minimum absolute atomic E-state index is 0.263. The van der Waals surface area contributed by atoms with E-state index in [1.54, 1.807) is 12.1 Å². The molecule has 1 aliphatic rings. The Morgan fingerprint density at radius 1 is 1.26 bits per heavy atom. The number of halogens is 1. The van der Waals surface area contributed by atoms with Crippen LogP contribution in [-0.4, -0.2) is 12.6 Å². The molecule has 1 aliphatic carbocycles. The maximum atomic E-state index is 12.9. The molecular weight excluding hydrogens is 243 g/mol. The summed E-state index contributed by atoms with van der Waals surface area (Å²) in [5, 5.41) is 5.46. The highest BCUT2D eigenvalue weighted by atomic mass is 19.1. The van der Waals surface area contributed by atoms with Gasteiger partial charge in [0.2, 0.25) is 0 Å². The minimum Gasteiger partial charge on any atom is -0.338 e. The van der Waals surface area contributed by atoms with Gasteiger partial charge in [-0.1, -0.05) is 38.2 Å². The molecule has 0 unspecified atom stereocenters. The SMILES string of the molecule is O=C(NCCC1CCCCC1)Nc1cccc(F)c1. The van der Waals surface area contributed by atoms with E-state index in [0.29, 0.717) is 12.2 Å². The van der Waals surface area contributed by atoms with Gasteiger partial charge >= 0.3 is 6.03 Å². The Morgan fingerprint density at radius 2 is 2.05 bits per heavy atom. The predicted molar refractivity (Wildman–Crippen MR) is 74.6 cm³/mol. The Morgan fingerprint density at radius 3 is 2.79 bits per heavy atom. The number of hydrogen-bond donors (Lipinski definition) is 2. The van der Waals surface area contributed by atoms with Gasteiger partial charge in [0.1, 0.15) is 5.82 Å². The largest absolute Gasteiger partial charge is 0.338 e. The maximum absolute atomic E-state index is 12.9. The van der Waals surface area contributed by atoms with Crippen LogP contribution in [0.1, 0.15) is 38.5 Å². The fourth-order valence-electron chi connectivity index (χ4n) is 2.61. The average Bonchev–Trinajstić information content (AvgIpc) is 2.40. The monoisotopic (exact) mass is 264 g/mol. The number of nitrogens with one attached hydrogen (secondary N) is 2. The van der Waals surface area contributed by atoms with E-state index in [9.17, 15) is 9.18 Å². The summed E-state index contributed by atoms with van der Waals surface area (Å²) < 4.78 is 12.9. The molecule has 0 aromatic heterocycles. The molecule has 0 spiro atoms. The third-order valence-corrected chi connectivity index (χ3v) is 3.65. The third kappa shape index (κ3) is 4.89. The van der Waals surface area contributed by atoms with Crippen molar-refractivity contribution in [3.63, 3.8) is 0 Å². The van der Waals surface area contributed by atoms with Gasteiger partial charge in [-0.25, -0.2) is 9.18 Å². The summed E-state index contributed by atoms with van der Waals surface area (Å²) in [5.74, 6) is 0.406. The molecule has 1 saturated carbocycles. The lowest BCUT2D eigenvalue weighted by molar-refractivity contribution is 0.250. The van der Waals surface area contributed by atoms with E-state index < -0.39 is 0 Å². The van der Waals surface area contributed by atoms with Gasteiger partial charge in [-0.2, -0.15) is 0 Å². The average molecular weight is 264 g/mol. The molecule has 104 valence electrons. The summed E-state index contributed by atoms with van der Waals surface area (Å²) in [4.78, 5) is 11.6. The second kappa shape index (κ2) is 7.12. The van der Waals surface area contributed by atoms with Crippen LogP contribution in [0.3, 0.4) is 0 Å². The van der Waals surface area contributed by atoms with Crippen LogP contribution in [0.4, 0.5) is 14.9 Å². The van der Waals surface area contributed by atoms with Crippen molar-refractivity contribution in [3.05, 3.63) is 30.1 Å². The lowest BCUT2D eigenvalue weighted by atomic mass is 9.87. The fraction of sp³-hybridized carbons (Fsp3) is 0.533. The van der Waals surface area contributed by atoms with E-state index in [4.69, 9.17) is 0 Å². The fourth-order valence-corrected chi connectivity index (χ4v) is 2.61. The van der Waals surface area contributed by atoms with E-state index in [1.165, 1.54) is 44.2 Å². The van der Waals surface area contributed by atoms with Gasteiger partial charge in [0.15, 0.2) is 0 Å². The molecule has 3 nitrogen and oxygen atoms in total. The Bertz CT molecular complexity index is 416. The lowest BCUT2D eigenvalue weighted by Gasteiger charge is -2.21. The molecule has 0 radical (unpaired) electrons. The van der Waals surface area contributed by atoms with E-state index >= 15 is 0 Å². The molecule has 0 aliphatic heterocycles. The van der Waals surface area contributed by atoms with Crippen molar-refractivity contribution >= 4 is 11.7 Å². The molecule has 4 heteroatoms. The van der Waals surface area contributed by atoms with Crippen molar-refractivity contribution in [2.45, 2.75) is 38.5 Å². The van der Waals surface area contributed by atoms with Crippen molar-refractivity contribution in [3.8, 4) is 0 Å². The molecule has 19 heavy (non-hydrogen) atoms. The van der Waals surface area contributed by atoms with Crippen molar-refractivity contribution in [1.82, 2.24) is 5.32 Å². The van der Waals surface area contributed by atoms with Crippen LogP contribution in [0.2, 0.25) is 0 Å². The second-order valence-corrected chi connectivity index (χ2v) is 5.18. The van der Waals surface area contributed by atoms with E-state index in [1.807, 2.05) is 0 Å². The van der Waals surface area contributed by atoms with Crippen LogP contribution in [-0.2, 0) is 0 Å². The summed E-state index contributed by atoms with van der Waals surface area (Å²) in [6.07, 6.45) is 7.60. The summed E-state index contributed by atoms with van der Waals surface area (Å²) in [6.45, 7) is 0.686. The van der Waals surface area contributed by atoms with Crippen LogP contribution >= 0.6 is 0 Å². The summed E-state index contributed by atoms with van der Waals surface area (Å²) >= 11 is 0. The molecule has 1 aromatic rings. The molecular formula is C15H21FN2O. The number of benzene rings is 1. The Kier molecular flexibility index (Phi) is 5.19. The quantitative estimate of drug-likeness (QED) is 0.850. The van der Waals surface area contributed by atoms with Gasteiger partial charge in [0.05, 0.1) is 0 Å². The molecule has 0 bridgehead atoms. The molecule has 0 heterocycles. The zero-order chi connectivity index (χ0) is 13.5. The summed E-state index contributed by atoms with van der Waals surface area (Å²) in [6, 6.07) is 5.64. The second-order valence-electron chi connectivity index (χ2n) is 5.18. The molecule has 2 rings (SSSR count). The number of urea groups is 1. The van der Waals surface area contributed by atoms with Crippen molar-refractivity contribution < 1.29 is 9.18 Å². The minimum atomic E-state index is -0.347. The Hall–Kier alpha value is -1.58. The molecule has 2 amide bonds. The van der Waals surface area contributed by atoms with Crippen LogP contribution < -0.4 is 10.6 Å². The lowest BCUT2D eigenvalue weighted by Crippen LogP contribution is -2.30. The first-order valence-corrected chi connectivity index (χ1v) is 7.04. The van der Waals surface area contributed by atoms with E-state index in [2.05, 4.69) is 10.6 Å². The van der Waals surface area contributed by atoms with E-state index in [-0.39, 0.29) is 11.8 Å². The van der Waals surface area contributed by atoms with Crippen molar-refractivity contribution in [2.24, 2.45) is 5.92 Å². The van der Waals surface area contributed by atoms with Gasteiger partial charge in [-0.05, 0) is 30.5 Å². The molecule has 0 saturated heterocycles. The van der Waals surface area contributed by atoms with Crippen LogP contribution in [0, 0.1) is 11.7 Å². The van der Waals surface area contributed by atoms with Crippen molar-refractivity contribution in [1.29, 1.82) is 0 Å². The van der Waals surface area contributed by atoms with Crippen LogP contribution in [0.25, 0.3) is 0 Å². The van der Waals surface area contributed by atoms with Crippen molar-refractivity contribution in [2.75, 3.05) is 11.9 Å². The van der Waals surface area contributed by atoms with E-state index in [0.717, 1.165) is 12.3 Å². The third-order valence-electron chi connectivity index (χ3n) is 3.65. The highest BCUT2D eigenvalue weighted by Crippen LogP contribution is 2.25. The first kappa shape index (κ1) is 13.8. The van der Waals surface area contributed by atoms with Gasteiger partial charge in [-0.3, -0.25) is 0 Å². The summed E-state index contributed by atoms with van der Waals surface area (Å²) in [7, 11) is 0. The molecule has 1 fully saturated rings. The zero-order valence-electron chi connectivity index (χ0n) is 11.1. The Balaban J connectivity index is 1.67. The number of anilines is 1. The van der Waals surface area contributed by atoms with Gasteiger partial charge in [0.25, 0.3) is 0 Å². The first-order chi connectivity index (χ1) is 9.24. The van der Waals surface area contributed by atoms with Gasteiger partial charge < -0.3 is 10.6 Å². The molecule has 0 atom stereocenters.